The van der Waals surface area contributed by atoms with E-state index in [1.165, 1.54) is 16.4 Å². The van der Waals surface area contributed by atoms with Crippen LogP contribution >= 0.6 is 23.4 Å². The number of nitrogens with two attached hydrogens (primary N) is 1. The molecule has 0 amide bonds. The molecule has 2 N–H and O–H groups in total. The first-order valence-corrected chi connectivity index (χ1v) is 8.90. The summed E-state index contributed by atoms with van der Waals surface area (Å²) in [5.41, 5.74) is 0.862. The molecular formula is C17H17ClN4O2S. The molecule has 8 heteroatoms. The van der Waals surface area contributed by atoms with Gasteiger partial charge in [-0.05, 0) is 48.5 Å². The van der Waals surface area contributed by atoms with Crippen LogP contribution in [0.15, 0.2) is 53.7 Å². The van der Waals surface area contributed by atoms with Gasteiger partial charge in [-0.25, -0.2) is 4.68 Å². The standard InChI is InChI=1S/C17H17ClN4O2S/c1-23-14-6-8-15(9-7-14)24-10-11-25-17-21-20-16(22(17)19)12-2-4-13(18)5-3-12/h2-9H,10-11,19H2,1H3. The average molecular weight is 377 g/mol. The molecule has 0 fully saturated rings. The van der Waals surface area contributed by atoms with Crippen molar-refractivity contribution in [1.82, 2.24) is 14.9 Å². The molecule has 1 aromatic heterocycles. The van der Waals surface area contributed by atoms with E-state index in [0.29, 0.717) is 28.4 Å². The third kappa shape index (κ3) is 4.37. The fourth-order valence-electron chi connectivity index (χ4n) is 2.14. The van der Waals surface area contributed by atoms with Gasteiger partial charge in [0.25, 0.3) is 0 Å². The van der Waals surface area contributed by atoms with E-state index in [1.54, 1.807) is 19.2 Å². The van der Waals surface area contributed by atoms with Gasteiger partial charge in [0, 0.05) is 16.3 Å². The zero-order valence-corrected chi connectivity index (χ0v) is 15.1. The number of nitrogen functional groups attached to an aromatic ring is 1. The van der Waals surface area contributed by atoms with Gasteiger partial charge in [0.05, 0.1) is 13.7 Å². The molecular weight excluding hydrogens is 360 g/mol. The number of aromatic nitrogens is 3. The lowest BCUT2D eigenvalue weighted by Gasteiger charge is -2.07. The summed E-state index contributed by atoms with van der Waals surface area (Å²) in [4.78, 5) is 0. The van der Waals surface area contributed by atoms with Crippen LogP contribution < -0.4 is 15.3 Å². The molecule has 0 saturated heterocycles. The van der Waals surface area contributed by atoms with Gasteiger partial charge in [-0.2, -0.15) is 0 Å². The Kier molecular flexibility index (Phi) is 5.67. The lowest BCUT2D eigenvalue weighted by atomic mass is 10.2. The Morgan fingerprint density at radius 1 is 1.04 bits per heavy atom. The number of hydrogen-bond acceptors (Lipinski definition) is 6. The fraction of sp³-hybridized carbons (Fsp3) is 0.176. The molecule has 0 atom stereocenters. The Morgan fingerprint density at radius 2 is 1.72 bits per heavy atom. The van der Waals surface area contributed by atoms with Crippen molar-refractivity contribution >= 4 is 23.4 Å². The molecule has 1 heterocycles. The monoisotopic (exact) mass is 376 g/mol. The second kappa shape index (κ2) is 8.13. The number of thioether (sulfide) groups is 1. The summed E-state index contributed by atoms with van der Waals surface area (Å²) in [5, 5.41) is 9.56. The molecule has 0 unspecified atom stereocenters. The van der Waals surface area contributed by atoms with Crippen LogP contribution in [0.4, 0.5) is 0 Å². The first kappa shape index (κ1) is 17.4. The first-order chi connectivity index (χ1) is 12.2. The molecule has 0 aliphatic rings. The highest BCUT2D eigenvalue weighted by Crippen LogP contribution is 2.23. The number of nitrogens with zero attached hydrogens (tertiary/aromatic N) is 3. The Balaban J connectivity index is 1.54. The molecule has 0 radical (unpaired) electrons. The van der Waals surface area contributed by atoms with Gasteiger partial charge in [0.1, 0.15) is 11.5 Å². The average Bonchev–Trinajstić information content (AvgIpc) is 3.01. The molecule has 0 bridgehead atoms. The molecule has 25 heavy (non-hydrogen) atoms. The predicted octanol–water partition coefficient (Wildman–Crippen LogP) is 3.49. The largest absolute Gasteiger partial charge is 0.497 e. The van der Waals surface area contributed by atoms with E-state index in [9.17, 15) is 0 Å². The molecule has 0 aliphatic heterocycles. The van der Waals surface area contributed by atoms with Gasteiger partial charge < -0.3 is 15.3 Å². The summed E-state index contributed by atoms with van der Waals surface area (Å²) >= 11 is 7.38. The van der Waals surface area contributed by atoms with Gasteiger partial charge in [0.15, 0.2) is 5.82 Å². The summed E-state index contributed by atoms with van der Waals surface area (Å²) < 4.78 is 12.3. The summed E-state index contributed by atoms with van der Waals surface area (Å²) in [6, 6.07) is 14.8. The van der Waals surface area contributed by atoms with Crippen LogP contribution in [-0.4, -0.2) is 34.3 Å². The van der Waals surface area contributed by atoms with E-state index in [1.807, 2.05) is 36.4 Å². The summed E-state index contributed by atoms with van der Waals surface area (Å²) in [7, 11) is 1.63. The van der Waals surface area contributed by atoms with Crippen molar-refractivity contribution in [3.05, 3.63) is 53.6 Å². The predicted molar refractivity (Wildman–Crippen MR) is 99.8 cm³/mol. The normalized spacial score (nSPS) is 10.6. The second-order valence-electron chi connectivity index (χ2n) is 5.06. The minimum Gasteiger partial charge on any atom is -0.497 e. The van der Waals surface area contributed by atoms with Crippen molar-refractivity contribution in [1.29, 1.82) is 0 Å². The maximum atomic E-state index is 6.08. The summed E-state index contributed by atoms with van der Waals surface area (Å²) in [5.74, 6) is 8.96. The maximum absolute atomic E-state index is 6.08. The number of methoxy groups -OCH3 is 1. The number of halogens is 1. The van der Waals surface area contributed by atoms with Gasteiger partial charge in [-0.15, -0.1) is 10.2 Å². The van der Waals surface area contributed by atoms with Crippen LogP contribution in [0, 0.1) is 0 Å². The third-order valence-electron chi connectivity index (χ3n) is 3.41. The van der Waals surface area contributed by atoms with E-state index >= 15 is 0 Å². The minimum absolute atomic E-state index is 0.528. The molecule has 0 spiro atoms. The zero-order chi connectivity index (χ0) is 17.6. The van der Waals surface area contributed by atoms with Crippen molar-refractivity contribution < 1.29 is 9.47 Å². The topological polar surface area (TPSA) is 75.2 Å². The van der Waals surface area contributed by atoms with Crippen molar-refractivity contribution in [2.24, 2.45) is 0 Å². The van der Waals surface area contributed by atoms with Crippen LogP contribution in [0.3, 0.4) is 0 Å². The Labute approximate surface area is 154 Å². The Bertz CT molecular complexity index is 822. The van der Waals surface area contributed by atoms with Crippen LogP contribution in [-0.2, 0) is 0 Å². The van der Waals surface area contributed by atoms with Crippen LogP contribution in [0.1, 0.15) is 0 Å². The molecule has 0 aliphatic carbocycles. The van der Waals surface area contributed by atoms with Crippen LogP contribution in [0.2, 0.25) is 5.02 Å². The molecule has 3 rings (SSSR count). The second-order valence-corrected chi connectivity index (χ2v) is 6.55. The fourth-order valence-corrected chi connectivity index (χ4v) is 2.94. The van der Waals surface area contributed by atoms with Crippen molar-refractivity contribution in [3.8, 4) is 22.9 Å². The Morgan fingerprint density at radius 3 is 2.40 bits per heavy atom. The maximum Gasteiger partial charge on any atom is 0.210 e. The van der Waals surface area contributed by atoms with Crippen LogP contribution in [0.5, 0.6) is 11.5 Å². The van der Waals surface area contributed by atoms with E-state index in [4.69, 9.17) is 26.9 Å². The highest BCUT2D eigenvalue weighted by molar-refractivity contribution is 7.99. The van der Waals surface area contributed by atoms with Crippen LogP contribution in [0.25, 0.3) is 11.4 Å². The minimum atomic E-state index is 0.528. The van der Waals surface area contributed by atoms with Gasteiger partial charge in [-0.1, -0.05) is 23.4 Å². The summed E-state index contributed by atoms with van der Waals surface area (Å²) in [6.45, 7) is 0.528. The van der Waals surface area contributed by atoms with E-state index in [0.717, 1.165) is 17.1 Å². The summed E-state index contributed by atoms with van der Waals surface area (Å²) in [6.07, 6.45) is 0. The smallest absolute Gasteiger partial charge is 0.210 e. The van der Waals surface area contributed by atoms with Gasteiger partial charge in [-0.3, -0.25) is 0 Å². The zero-order valence-electron chi connectivity index (χ0n) is 13.6. The van der Waals surface area contributed by atoms with E-state index < -0.39 is 0 Å². The van der Waals surface area contributed by atoms with Crippen molar-refractivity contribution in [2.75, 3.05) is 25.3 Å². The lowest BCUT2D eigenvalue weighted by molar-refractivity contribution is 0.342. The number of hydrogen-bond donors (Lipinski definition) is 1. The number of rotatable bonds is 7. The molecule has 0 saturated carbocycles. The molecule has 130 valence electrons. The highest BCUT2D eigenvalue weighted by Gasteiger charge is 2.12. The lowest BCUT2D eigenvalue weighted by Crippen LogP contribution is -2.12. The van der Waals surface area contributed by atoms with Crippen molar-refractivity contribution in [2.45, 2.75) is 5.16 Å². The first-order valence-electron chi connectivity index (χ1n) is 7.53. The van der Waals surface area contributed by atoms with Gasteiger partial charge in [0.2, 0.25) is 5.16 Å². The quantitative estimate of drug-likeness (QED) is 0.386. The van der Waals surface area contributed by atoms with E-state index in [-0.39, 0.29) is 0 Å². The molecule has 2 aromatic carbocycles. The third-order valence-corrected chi connectivity index (χ3v) is 4.57. The van der Waals surface area contributed by atoms with Gasteiger partial charge >= 0.3 is 0 Å². The number of ether oxygens (including phenoxy) is 2. The molecule has 6 nitrogen and oxygen atoms in total. The van der Waals surface area contributed by atoms with Crippen molar-refractivity contribution in [3.63, 3.8) is 0 Å². The SMILES string of the molecule is COc1ccc(OCCSc2nnc(-c3ccc(Cl)cc3)n2N)cc1. The highest BCUT2D eigenvalue weighted by atomic mass is 35.5. The van der Waals surface area contributed by atoms with E-state index in [2.05, 4.69) is 10.2 Å². The molecule has 3 aromatic rings. The number of benzene rings is 2. The Hall–Kier alpha value is -2.38.